The average Bonchev–Trinajstić information content (AvgIpc) is 2.21. The van der Waals surface area contributed by atoms with E-state index in [0.29, 0.717) is 0 Å². The number of unbranched alkanes of at least 4 members (excludes halogenated alkanes) is 2. The van der Waals surface area contributed by atoms with Gasteiger partial charge in [0.1, 0.15) is 0 Å². The number of hydrogen-bond acceptors (Lipinski definition) is 2. The molecule has 1 rings (SSSR count). The number of piperidine rings is 1. The van der Waals surface area contributed by atoms with Gasteiger partial charge in [-0.05, 0) is 43.4 Å². The molecule has 2 heteroatoms. The van der Waals surface area contributed by atoms with Gasteiger partial charge >= 0.3 is 0 Å². The van der Waals surface area contributed by atoms with Gasteiger partial charge in [0, 0.05) is 0 Å². The van der Waals surface area contributed by atoms with Crippen LogP contribution in [0.4, 0.5) is 0 Å². The molecule has 84 valence electrons. The predicted octanol–water partition coefficient (Wildman–Crippen LogP) is 3.16. The minimum atomic E-state index is 0.940. The quantitative estimate of drug-likeness (QED) is 0.683. The summed E-state index contributed by atoms with van der Waals surface area (Å²) in [5, 5.41) is 3.53. The second kappa shape index (κ2) is 7.58. The molecule has 1 aliphatic heterocycles. The Morgan fingerprint density at radius 2 is 2.14 bits per heavy atom. The van der Waals surface area contributed by atoms with Crippen molar-refractivity contribution in [2.45, 2.75) is 39.0 Å². The smallest absolute Gasteiger partial charge is 0.000996 e. The summed E-state index contributed by atoms with van der Waals surface area (Å²) in [6, 6.07) is 0. The highest BCUT2D eigenvalue weighted by molar-refractivity contribution is 7.98. The second-order valence-electron chi connectivity index (χ2n) is 4.46. The van der Waals surface area contributed by atoms with Crippen molar-refractivity contribution in [3.8, 4) is 0 Å². The molecule has 0 aromatic carbocycles. The van der Waals surface area contributed by atoms with Crippen LogP contribution in [0.15, 0.2) is 0 Å². The monoisotopic (exact) mass is 215 g/mol. The van der Waals surface area contributed by atoms with Crippen LogP contribution in [0.2, 0.25) is 0 Å². The van der Waals surface area contributed by atoms with Crippen molar-refractivity contribution in [2.75, 3.05) is 25.1 Å². The molecular formula is C12H25NS. The maximum Gasteiger partial charge on any atom is -0.000996 e. The predicted molar refractivity (Wildman–Crippen MR) is 67.0 cm³/mol. The normalized spacial score (nSPS) is 27.9. The Hall–Kier alpha value is 0.310. The van der Waals surface area contributed by atoms with Crippen molar-refractivity contribution in [2.24, 2.45) is 11.8 Å². The molecule has 1 N–H and O–H groups in total. The Labute approximate surface area is 93.4 Å². The third-order valence-corrected chi connectivity index (χ3v) is 4.09. The van der Waals surface area contributed by atoms with E-state index in [0.717, 1.165) is 11.8 Å². The molecule has 0 saturated carbocycles. The summed E-state index contributed by atoms with van der Waals surface area (Å²) in [7, 11) is 0. The minimum absolute atomic E-state index is 0.940. The van der Waals surface area contributed by atoms with Crippen molar-refractivity contribution in [3.05, 3.63) is 0 Å². The molecule has 1 aliphatic rings. The van der Waals surface area contributed by atoms with E-state index in [2.05, 4.69) is 18.5 Å². The van der Waals surface area contributed by atoms with Gasteiger partial charge < -0.3 is 5.32 Å². The molecule has 0 spiro atoms. The van der Waals surface area contributed by atoms with Gasteiger partial charge in [-0.3, -0.25) is 0 Å². The molecule has 1 heterocycles. The summed E-state index contributed by atoms with van der Waals surface area (Å²) in [5.74, 6) is 3.30. The van der Waals surface area contributed by atoms with Crippen LogP contribution in [-0.4, -0.2) is 25.1 Å². The number of hydrogen-bond donors (Lipinski definition) is 1. The molecule has 1 fully saturated rings. The summed E-state index contributed by atoms with van der Waals surface area (Å²) in [6.45, 7) is 4.81. The lowest BCUT2D eigenvalue weighted by molar-refractivity contribution is 0.257. The average molecular weight is 215 g/mol. The van der Waals surface area contributed by atoms with Crippen LogP contribution in [0.1, 0.15) is 39.0 Å². The summed E-state index contributed by atoms with van der Waals surface area (Å²) in [6.07, 6.45) is 9.35. The molecule has 2 atom stereocenters. The van der Waals surface area contributed by atoms with Gasteiger partial charge in [0.2, 0.25) is 0 Å². The maximum absolute atomic E-state index is 3.53. The Bertz CT molecular complexity index is 136. The van der Waals surface area contributed by atoms with E-state index in [4.69, 9.17) is 0 Å². The first kappa shape index (κ1) is 12.4. The summed E-state index contributed by atoms with van der Waals surface area (Å²) >= 11 is 2.01. The lowest BCUT2D eigenvalue weighted by Crippen LogP contribution is -2.37. The zero-order valence-corrected chi connectivity index (χ0v) is 10.5. The molecule has 1 saturated heterocycles. The van der Waals surface area contributed by atoms with E-state index >= 15 is 0 Å². The number of thioether (sulfide) groups is 1. The van der Waals surface area contributed by atoms with Gasteiger partial charge in [-0.1, -0.05) is 32.6 Å². The fraction of sp³-hybridized carbons (Fsp3) is 1.00. The molecule has 1 nitrogen and oxygen atoms in total. The molecule has 0 bridgehead atoms. The highest BCUT2D eigenvalue weighted by Gasteiger charge is 2.23. The first-order valence-electron chi connectivity index (χ1n) is 6.08. The van der Waals surface area contributed by atoms with E-state index in [1.54, 1.807) is 0 Å². The van der Waals surface area contributed by atoms with Crippen molar-refractivity contribution < 1.29 is 0 Å². The highest BCUT2D eigenvalue weighted by atomic mass is 32.2. The molecular weight excluding hydrogens is 190 g/mol. The summed E-state index contributed by atoms with van der Waals surface area (Å²) in [5.41, 5.74) is 0. The molecule has 2 unspecified atom stereocenters. The molecule has 0 aromatic heterocycles. The topological polar surface area (TPSA) is 12.0 Å². The van der Waals surface area contributed by atoms with E-state index in [-0.39, 0.29) is 0 Å². The van der Waals surface area contributed by atoms with Crippen molar-refractivity contribution in [1.82, 2.24) is 5.32 Å². The van der Waals surface area contributed by atoms with E-state index < -0.39 is 0 Å². The third kappa shape index (κ3) is 4.22. The van der Waals surface area contributed by atoms with Crippen LogP contribution in [-0.2, 0) is 0 Å². The fourth-order valence-corrected chi connectivity index (χ4v) is 3.24. The van der Waals surface area contributed by atoms with E-state index in [1.165, 1.54) is 50.9 Å². The third-order valence-electron chi connectivity index (χ3n) is 3.32. The van der Waals surface area contributed by atoms with E-state index in [9.17, 15) is 0 Å². The van der Waals surface area contributed by atoms with Gasteiger partial charge in [0.25, 0.3) is 0 Å². The van der Waals surface area contributed by atoms with Crippen molar-refractivity contribution >= 4 is 11.8 Å². The molecule has 0 aliphatic carbocycles. The van der Waals surface area contributed by atoms with Crippen LogP contribution >= 0.6 is 11.8 Å². The van der Waals surface area contributed by atoms with Crippen LogP contribution in [0.5, 0.6) is 0 Å². The SMILES string of the molecule is CCCCCC1CCNCC1CSC. The standard InChI is InChI=1S/C12H25NS/c1-3-4-5-6-11-7-8-13-9-12(11)10-14-2/h11-13H,3-10H2,1-2H3. The Balaban J connectivity index is 2.22. The van der Waals surface area contributed by atoms with Crippen LogP contribution in [0.3, 0.4) is 0 Å². The fourth-order valence-electron chi connectivity index (χ4n) is 2.42. The zero-order chi connectivity index (χ0) is 10.2. The van der Waals surface area contributed by atoms with Crippen molar-refractivity contribution in [3.63, 3.8) is 0 Å². The molecule has 0 amide bonds. The zero-order valence-electron chi connectivity index (χ0n) is 9.72. The maximum atomic E-state index is 3.53. The largest absolute Gasteiger partial charge is 0.316 e. The molecule has 0 aromatic rings. The second-order valence-corrected chi connectivity index (χ2v) is 5.37. The van der Waals surface area contributed by atoms with Crippen LogP contribution < -0.4 is 5.32 Å². The first-order chi connectivity index (χ1) is 6.88. The highest BCUT2D eigenvalue weighted by Crippen LogP contribution is 2.27. The van der Waals surface area contributed by atoms with E-state index in [1.807, 2.05) is 11.8 Å². The van der Waals surface area contributed by atoms with Crippen molar-refractivity contribution in [1.29, 1.82) is 0 Å². The van der Waals surface area contributed by atoms with Gasteiger partial charge in [0.05, 0.1) is 0 Å². The van der Waals surface area contributed by atoms with Crippen LogP contribution in [0.25, 0.3) is 0 Å². The lowest BCUT2D eigenvalue weighted by Gasteiger charge is -2.31. The Morgan fingerprint density at radius 1 is 1.29 bits per heavy atom. The first-order valence-corrected chi connectivity index (χ1v) is 7.47. The van der Waals surface area contributed by atoms with Crippen LogP contribution in [0, 0.1) is 11.8 Å². The van der Waals surface area contributed by atoms with Gasteiger partial charge in [-0.2, -0.15) is 11.8 Å². The van der Waals surface area contributed by atoms with Gasteiger partial charge in [-0.15, -0.1) is 0 Å². The lowest BCUT2D eigenvalue weighted by atomic mass is 9.84. The number of nitrogens with one attached hydrogen (secondary N) is 1. The number of rotatable bonds is 6. The summed E-state index contributed by atoms with van der Waals surface area (Å²) < 4.78 is 0. The Morgan fingerprint density at radius 3 is 2.86 bits per heavy atom. The molecule has 14 heavy (non-hydrogen) atoms. The molecule has 0 radical (unpaired) electrons. The van der Waals surface area contributed by atoms with Gasteiger partial charge in [-0.25, -0.2) is 0 Å². The minimum Gasteiger partial charge on any atom is -0.316 e. The Kier molecular flexibility index (Phi) is 6.70. The summed E-state index contributed by atoms with van der Waals surface area (Å²) in [4.78, 5) is 0. The van der Waals surface area contributed by atoms with Gasteiger partial charge in [0.15, 0.2) is 0 Å².